The van der Waals surface area contributed by atoms with Crippen LogP contribution in [0.3, 0.4) is 0 Å². The van der Waals surface area contributed by atoms with Crippen LogP contribution in [0, 0.1) is 6.92 Å². The Hall–Kier alpha value is -1.25. The molecule has 1 rings (SSSR count). The fourth-order valence-corrected chi connectivity index (χ4v) is 1.07. The summed E-state index contributed by atoms with van der Waals surface area (Å²) >= 11 is 0. The number of hydrogen-bond acceptors (Lipinski definition) is 2. The molecule has 0 aliphatic rings. The predicted octanol–water partition coefficient (Wildman–Crippen LogP) is 1.34. The van der Waals surface area contributed by atoms with Crippen LogP contribution < -0.4 is 5.56 Å². The summed E-state index contributed by atoms with van der Waals surface area (Å²) in [5.74, 6) is 0.0854. The van der Waals surface area contributed by atoms with E-state index in [4.69, 9.17) is 0 Å². The second-order valence-corrected chi connectivity index (χ2v) is 2.88. The molecule has 0 radical (unpaired) electrons. The number of aromatic hydroxyl groups is 1. The first-order chi connectivity index (χ1) is 5.65. The van der Waals surface area contributed by atoms with Gasteiger partial charge in [-0.2, -0.15) is 0 Å². The van der Waals surface area contributed by atoms with Gasteiger partial charge in [0.05, 0.1) is 5.56 Å². The minimum absolute atomic E-state index is 0.0854. The maximum atomic E-state index is 11.1. The Morgan fingerprint density at radius 2 is 2.25 bits per heavy atom. The fourth-order valence-electron chi connectivity index (χ4n) is 1.07. The lowest BCUT2D eigenvalue weighted by Gasteiger charge is -2.01. The van der Waals surface area contributed by atoms with E-state index in [1.807, 2.05) is 6.92 Å². The number of rotatable bonds is 2. The normalized spacial score (nSPS) is 10.2. The van der Waals surface area contributed by atoms with E-state index in [0.29, 0.717) is 5.56 Å². The maximum absolute atomic E-state index is 11.1. The minimum Gasteiger partial charge on any atom is -0.507 e. The zero-order valence-corrected chi connectivity index (χ0v) is 7.35. The van der Waals surface area contributed by atoms with Crippen molar-refractivity contribution in [3.63, 3.8) is 0 Å². The smallest absolute Gasteiger partial charge is 0.254 e. The van der Waals surface area contributed by atoms with E-state index in [-0.39, 0.29) is 11.3 Å². The topological polar surface area (TPSA) is 53.1 Å². The second-order valence-electron chi connectivity index (χ2n) is 2.88. The van der Waals surface area contributed by atoms with Crippen LogP contribution >= 0.6 is 0 Å². The van der Waals surface area contributed by atoms with Gasteiger partial charge in [0.1, 0.15) is 5.75 Å². The molecule has 0 saturated carbocycles. The Bertz CT molecular complexity index is 328. The highest BCUT2D eigenvalue weighted by Gasteiger charge is 2.02. The number of H-pyrrole nitrogens is 1. The molecule has 0 aliphatic carbocycles. The van der Waals surface area contributed by atoms with Crippen molar-refractivity contribution in [1.29, 1.82) is 0 Å². The molecule has 0 atom stereocenters. The standard InChI is InChI=1S/C9H13NO2/c1-3-4-7-5-8(11)6(2)9(12)10-7/h5H,3-4H2,1-2H3,(H2,10,11,12). The van der Waals surface area contributed by atoms with Crippen molar-refractivity contribution in [2.45, 2.75) is 26.7 Å². The minimum atomic E-state index is -0.196. The molecule has 0 fully saturated rings. The zero-order chi connectivity index (χ0) is 9.14. The van der Waals surface area contributed by atoms with Gasteiger partial charge in [0.15, 0.2) is 0 Å². The lowest BCUT2D eigenvalue weighted by Crippen LogP contribution is -2.11. The van der Waals surface area contributed by atoms with Gasteiger partial charge in [0.25, 0.3) is 5.56 Å². The highest BCUT2D eigenvalue weighted by molar-refractivity contribution is 5.30. The SMILES string of the molecule is CCCc1cc(O)c(C)c(=O)[nH]1. The van der Waals surface area contributed by atoms with E-state index in [0.717, 1.165) is 18.5 Å². The number of nitrogens with one attached hydrogen (secondary N) is 1. The van der Waals surface area contributed by atoms with Crippen LogP contribution in [0.5, 0.6) is 5.75 Å². The van der Waals surface area contributed by atoms with Crippen molar-refractivity contribution in [3.05, 3.63) is 27.7 Å². The highest BCUT2D eigenvalue weighted by Crippen LogP contribution is 2.12. The summed E-state index contributed by atoms with van der Waals surface area (Å²) in [5, 5.41) is 9.29. The zero-order valence-electron chi connectivity index (χ0n) is 7.35. The molecule has 0 amide bonds. The van der Waals surface area contributed by atoms with Crippen molar-refractivity contribution in [2.75, 3.05) is 0 Å². The number of hydrogen-bond donors (Lipinski definition) is 2. The summed E-state index contributed by atoms with van der Waals surface area (Å²) in [4.78, 5) is 13.8. The molecule has 1 heterocycles. The molecule has 1 aromatic rings. The van der Waals surface area contributed by atoms with Crippen LogP contribution in [0.15, 0.2) is 10.9 Å². The van der Waals surface area contributed by atoms with Gasteiger partial charge in [0, 0.05) is 5.69 Å². The van der Waals surface area contributed by atoms with Gasteiger partial charge < -0.3 is 10.1 Å². The molecule has 3 nitrogen and oxygen atoms in total. The number of aryl methyl sites for hydroxylation is 1. The monoisotopic (exact) mass is 167 g/mol. The Morgan fingerprint density at radius 3 is 2.75 bits per heavy atom. The average Bonchev–Trinajstić information content (AvgIpc) is 2.01. The van der Waals surface area contributed by atoms with Crippen molar-refractivity contribution in [2.24, 2.45) is 0 Å². The largest absolute Gasteiger partial charge is 0.507 e. The summed E-state index contributed by atoms with van der Waals surface area (Å²) in [6, 6.07) is 1.61. The Kier molecular flexibility index (Phi) is 2.53. The lowest BCUT2D eigenvalue weighted by molar-refractivity contribution is 0.468. The van der Waals surface area contributed by atoms with E-state index < -0.39 is 0 Å². The Labute approximate surface area is 71.1 Å². The van der Waals surface area contributed by atoms with Crippen LogP contribution in [0.1, 0.15) is 24.6 Å². The van der Waals surface area contributed by atoms with E-state index in [1.165, 1.54) is 0 Å². The van der Waals surface area contributed by atoms with Gasteiger partial charge in [-0.05, 0) is 19.4 Å². The van der Waals surface area contributed by atoms with Crippen LogP contribution in [-0.2, 0) is 6.42 Å². The first-order valence-electron chi connectivity index (χ1n) is 4.07. The first-order valence-corrected chi connectivity index (χ1v) is 4.07. The quantitative estimate of drug-likeness (QED) is 0.698. The molecule has 2 N–H and O–H groups in total. The van der Waals surface area contributed by atoms with Crippen LogP contribution in [0.4, 0.5) is 0 Å². The number of pyridine rings is 1. The van der Waals surface area contributed by atoms with E-state index in [9.17, 15) is 9.90 Å². The number of aromatic amines is 1. The van der Waals surface area contributed by atoms with Gasteiger partial charge in [0.2, 0.25) is 0 Å². The van der Waals surface area contributed by atoms with Crippen molar-refractivity contribution in [1.82, 2.24) is 4.98 Å². The van der Waals surface area contributed by atoms with Crippen molar-refractivity contribution < 1.29 is 5.11 Å². The molecule has 0 bridgehead atoms. The van der Waals surface area contributed by atoms with Gasteiger partial charge in [-0.3, -0.25) is 4.79 Å². The molecule has 3 heteroatoms. The Morgan fingerprint density at radius 1 is 1.58 bits per heavy atom. The third-order valence-electron chi connectivity index (χ3n) is 1.83. The molecule has 12 heavy (non-hydrogen) atoms. The molecular weight excluding hydrogens is 154 g/mol. The Balaban J connectivity index is 3.13. The summed E-state index contributed by atoms with van der Waals surface area (Å²) in [7, 11) is 0. The summed E-state index contributed by atoms with van der Waals surface area (Å²) in [6.07, 6.45) is 1.75. The maximum Gasteiger partial charge on any atom is 0.254 e. The van der Waals surface area contributed by atoms with Gasteiger partial charge >= 0.3 is 0 Å². The van der Waals surface area contributed by atoms with E-state index >= 15 is 0 Å². The van der Waals surface area contributed by atoms with Gasteiger partial charge in [-0.25, -0.2) is 0 Å². The van der Waals surface area contributed by atoms with Crippen molar-refractivity contribution >= 4 is 0 Å². The lowest BCUT2D eigenvalue weighted by atomic mass is 10.2. The average molecular weight is 167 g/mol. The van der Waals surface area contributed by atoms with Gasteiger partial charge in [-0.15, -0.1) is 0 Å². The third kappa shape index (κ3) is 1.67. The predicted molar refractivity (Wildman–Crippen MR) is 47.5 cm³/mol. The van der Waals surface area contributed by atoms with E-state index in [2.05, 4.69) is 4.98 Å². The molecule has 0 spiro atoms. The van der Waals surface area contributed by atoms with Crippen LogP contribution in [0.25, 0.3) is 0 Å². The molecule has 0 aliphatic heterocycles. The van der Waals surface area contributed by atoms with Crippen molar-refractivity contribution in [3.8, 4) is 5.75 Å². The van der Waals surface area contributed by atoms with Gasteiger partial charge in [-0.1, -0.05) is 13.3 Å². The summed E-state index contributed by atoms with van der Waals surface area (Å²) in [5.41, 5.74) is 0.985. The van der Waals surface area contributed by atoms with Crippen LogP contribution in [0.2, 0.25) is 0 Å². The van der Waals surface area contributed by atoms with E-state index in [1.54, 1.807) is 13.0 Å². The molecule has 0 unspecified atom stereocenters. The molecule has 1 aromatic heterocycles. The second kappa shape index (κ2) is 3.43. The summed E-state index contributed by atoms with van der Waals surface area (Å²) < 4.78 is 0. The molecule has 66 valence electrons. The molecule has 0 aromatic carbocycles. The third-order valence-corrected chi connectivity index (χ3v) is 1.83. The summed E-state index contributed by atoms with van der Waals surface area (Å²) in [6.45, 7) is 3.62. The number of aromatic nitrogens is 1. The fraction of sp³-hybridized carbons (Fsp3) is 0.444. The molecule has 0 saturated heterocycles. The van der Waals surface area contributed by atoms with Crippen LogP contribution in [-0.4, -0.2) is 10.1 Å². The molecular formula is C9H13NO2. The first kappa shape index (κ1) is 8.84. The highest BCUT2D eigenvalue weighted by atomic mass is 16.3.